The summed E-state index contributed by atoms with van der Waals surface area (Å²) in [6.45, 7) is 4.12. The van der Waals surface area contributed by atoms with Crippen LogP contribution in [0.25, 0.3) is 0 Å². The van der Waals surface area contributed by atoms with Gasteiger partial charge in [-0.2, -0.15) is 0 Å². The molecule has 1 aliphatic heterocycles. The van der Waals surface area contributed by atoms with E-state index in [0.29, 0.717) is 24.5 Å². The molecule has 7 heteroatoms. The fraction of sp³-hybridized carbons (Fsp3) is 0.368. The first-order valence-corrected chi connectivity index (χ1v) is 8.70. The Hall–Kier alpha value is -2.64. The first kappa shape index (κ1) is 18.2. The SMILES string of the molecule is COCCNC(=O)c1ccnc(Nc2ccccc2N2CCOCC2)c1. The van der Waals surface area contributed by atoms with E-state index in [2.05, 4.69) is 26.6 Å². The number of methoxy groups -OCH3 is 1. The van der Waals surface area contributed by atoms with Gasteiger partial charge >= 0.3 is 0 Å². The molecule has 0 atom stereocenters. The van der Waals surface area contributed by atoms with E-state index in [1.54, 1.807) is 25.4 Å². The average Bonchev–Trinajstić information content (AvgIpc) is 2.69. The summed E-state index contributed by atoms with van der Waals surface area (Å²) in [5, 5.41) is 6.15. The Labute approximate surface area is 153 Å². The summed E-state index contributed by atoms with van der Waals surface area (Å²) < 4.78 is 10.4. The quantitative estimate of drug-likeness (QED) is 0.740. The van der Waals surface area contributed by atoms with E-state index < -0.39 is 0 Å². The third kappa shape index (κ3) is 4.71. The molecule has 2 heterocycles. The van der Waals surface area contributed by atoms with E-state index in [1.807, 2.05) is 18.2 Å². The molecule has 0 spiro atoms. The van der Waals surface area contributed by atoms with Crippen LogP contribution in [0.5, 0.6) is 0 Å². The van der Waals surface area contributed by atoms with Gasteiger partial charge in [-0.3, -0.25) is 4.79 Å². The van der Waals surface area contributed by atoms with Gasteiger partial charge in [0.15, 0.2) is 0 Å². The van der Waals surface area contributed by atoms with Crippen molar-refractivity contribution < 1.29 is 14.3 Å². The minimum atomic E-state index is -0.144. The van der Waals surface area contributed by atoms with Gasteiger partial charge in [0.1, 0.15) is 5.82 Å². The number of nitrogens with zero attached hydrogens (tertiary/aromatic N) is 2. The highest BCUT2D eigenvalue weighted by Gasteiger charge is 2.15. The summed E-state index contributed by atoms with van der Waals surface area (Å²) in [4.78, 5) is 18.8. The molecular weight excluding hydrogens is 332 g/mol. The number of rotatable bonds is 7. The van der Waals surface area contributed by atoms with E-state index >= 15 is 0 Å². The summed E-state index contributed by atoms with van der Waals surface area (Å²) >= 11 is 0. The summed E-state index contributed by atoms with van der Waals surface area (Å²) in [5.74, 6) is 0.485. The first-order valence-electron chi connectivity index (χ1n) is 8.70. The molecule has 1 aliphatic rings. The van der Waals surface area contributed by atoms with Crippen LogP contribution in [-0.4, -0.2) is 57.5 Å². The molecule has 26 heavy (non-hydrogen) atoms. The van der Waals surface area contributed by atoms with E-state index in [1.165, 1.54) is 0 Å². The van der Waals surface area contributed by atoms with Crippen molar-refractivity contribution >= 4 is 23.1 Å². The largest absolute Gasteiger partial charge is 0.383 e. The monoisotopic (exact) mass is 356 g/mol. The Kier molecular flexibility index (Phi) is 6.40. The molecule has 0 aliphatic carbocycles. The fourth-order valence-electron chi connectivity index (χ4n) is 2.81. The van der Waals surface area contributed by atoms with Crippen LogP contribution in [0.1, 0.15) is 10.4 Å². The Morgan fingerprint density at radius 2 is 2.08 bits per heavy atom. The second-order valence-electron chi connectivity index (χ2n) is 5.92. The standard InChI is InChI=1S/C19H24N4O3/c1-25-11-8-21-19(24)15-6-7-20-18(14-15)22-16-4-2-3-5-17(16)23-9-12-26-13-10-23/h2-7,14H,8-13H2,1H3,(H,20,22)(H,21,24). The van der Waals surface area contributed by atoms with E-state index in [9.17, 15) is 4.79 Å². The number of para-hydroxylation sites is 2. The number of hydrogen-bond donors (Lipinski definition) is 2. The predicted octanol–water partition coefficient (Wildman–Crippen LogP) is 2.04. The second-order valence-corrected chi connectivity index (χ2v) is 5.92. The highest BCUT2D eigenvalue weighted by molar-refractivity contribution is 5.95. The molecule has 1 saturated heterocycles. The molecule has 1 fully saturated rings. The van der Waals surface area contributed by atoms with Crippen molar-refractivity contribution in [1.82, 2.24) is 10.3 Å². The Morgan fingerprint density at radius 1 is 1.27 bits per heavy atom. The topological polar surface area (TPSA) is 75.7 Å². The maximum Gasteiger partial charge on any atom is 0.251 e. The van der Waals surface area contributed by atoms with Crippen molar-refractivity contribution in [3.8, 4) is 0 Å². The lowest BCUT2D eigenvalue weighted by molar-refractivity contribution is 0.0937. The van der Waals surface area contributed by atoms with Crippen molar-refractivity contribution in [2.45, 2.75) is 0 Å². The third-order valence-corrected chi connectivity index (χ3v) is 4.13. The number of ether oxygens (including phenoxy) is 2. The molecule has 2 N–H and O–H groups in total. The summed E-state index contributed by atoms with van der Waals surface area (Å²) in [5.41, 5.74) is 2.62. The Balaban J connectivity index is 1.73. The van der Waals surface area contributed by atoms with Crippen LogP contribution in [0.3, 0.4) is 0 Å². The van der Waals surface area contributed by atoms with Crippen molar-refractivity contribution in [3.05, 3.63) is 48.2 Å². The fourth-order valence-corrected chi connectivity index (χ4v) is 2.81. The zero-order chi connectivity index (χ0) is 18.2. The Morgan fingerprint density at radius 3 is 2.88 bits per heavy atom. The number of anilines is 3. The van der Waals surface area contributed by atoms with Crippen LogP contribution < -0.4 is 15.5 Å². The van der Waals surface area contributed by atoms with Gasteiger partial charge in [-0.15, -0.1) is 0 Å². The highest BCUT2D eigenvalue weighted by atomic mass is 16.5. The number of aromatic nitrogens is 1. The average molecular weight is 356 g/mol. The van der Waals surface area contributed by atoms with Gasteiger partial charge in [0.25, 0.3) is 5.91 Å². The Bertz CT molecular complexity index is 732. The zero-order valence-electron chi connectivity index (χ0n) is 14.9. The lowest BCUT2D eigenvalue weighted by atomic mass is 10.2. The molecular formula is C19H24N4O3. The van der Waals surface area contributed by atoms with Crippen LogP contribution >= 0.6 is 0 Å². The molecule has 0 unspecified atom stereocenters. The van der Waals surface area contributed by atoms with Gasteiger partial charge in [0.05, 0.1) is 31.2 Å². The predicted molar refractivity (Wildman–Crippen MR) is 101 cm³/mol. The van der Waals surface area contributed by atoms with Gasteiger partial charge < -0.3 is 25.0 Å². The second kappa shape index (κ2) is 9.17. The van der Waals surface area contributed by atoms with Gasteiger partial charge in [0, 0.05) is 38.5 Å². The van der Waals surface area contributed by atoms with Crippen LogP contribution in [0, 0.1) is 0 Å². The highest BCUT2D eigenvalue weighted by Crippen LogP contribution is 2.28. The molecule has 0 radical (unpaired) electrons. The van der Waals surface area contributed by atoms with Gasteiger partial charge in [0.2, 0.25) is 0 Å². The smallest absolute Gasteiger partial charge is 0.251 e. The van der Waals surface area contributed by atoms with Crippen molar-refractivity contribution in [2.24, 2.45) is 0 Å². The maximum atomic E-state index is 12.2. The molecule has 1 aromatic carbocycles. The summed E-state index contributed by atoms with van der Waals surface area (Å²) in [7, 11) is 1.60. The molecule has 138 valence electrons. The lowest BCUT2D eigenvalue weighted by Crippen LogP contribution is -2.36. The van der Waals surface area contributed by atoms with Gasteiger partial charge in [-0.25, -0.2) is 4.98 Å². The minimum absolute atomic E-state index is 0.144. The molecule has 2 aromatic rings. The molecule has 0 bridgehead atoms. The molecule has 7 nitrogen and oxygen atoms in total. The number of benzene rings is 1. The number of carbonyl (C=O) groups excluding carboxylic acids is 1. The van der Waals surface area contributed by atoms with Crippen LogP contribution in [-0.2, 0) is 9.47 Å². The molecule has 0 saturated carbocycles. The van der Waals surface area contributed by atoms with Crippen molar-refractivity contribution in [3.63, 3.8) is 0 Å². The van der Waals surface area contributed by atoms with E-state index in [0.717, 1.165) is 37.7 Å². The van der Waals surface area contributed by atoms with E-state index in [-0.39, 0.29) is 5.91 Å². The van der Waals surface area contributed by atoms with Crippen LogP contribution in [0.2, 0.25) is 0 Å². The van der Waals surface area contributed by atoms with Crippen LogP contribution in [0.15, 0.2) is 42.6 Å². The van der Waals surface area contributed by atoms with Crippen molar-refractivity contribution in [1.29, 1.82) is 0 Å². The maximum absolute atomic E-state index is 12.2. The minimum Gasteiger partial charge on any atom is -0.383 e. The molecule has 1 amide bonds. The first-order chi connectivity index (χ1) is 12.8. The van der Waals surface area contributed by atoms with E-state index in [4.69, 9.17) is 9.47 Å². The van der Waals surface area contributed by atoms with Gasteiger partial charge in [-0.05, 0) is 24.3 Å². The number of morpholine rings is 1. The summed E-state index contributed by atoms with van der Waals surface area (Å²) in [6, 6.07) is 11.5. The van der Waals surface area contributed by atoms with Crippen molar-refractivity contribution in [2.75, 3.05) is 56.8 Å². The number of amides is 1. The third-order valence-electron chi connectivity index (χ3n) is 4.13. The lowest BCUT2D eigenvalue weighted by Gasteiger charge is -2.30. The molecule has 3 rings (SSSR count). The number of nitrogens with one attached hydrogen (secondary N) is 2. The number of carbonyl (C=O) groups is 1. The normalized spacial score (nSPS) is 14.1. The zero-order valence-corrected chi connectivity index (χ0v) is 14.9. The summed E-state index contributed by atoms with van der Waals surface area (Å²) in [6.07, 6.45) is 1.63. The molecule has 1 aromatic heterocycles. The van der Waals surface area contributed by atoms with Crippen LogP contribution in [0.4, 0.5) is 17.2 Å². The number of pyridine rings is 1. The van der Waals surface area contributed by atoms with Gasteiger partial charge in [-0.1, -0.05) is 12.1 Å². The number of hydrogen-bond acceptors (Lipinski definition) is 6.